The van der Waals surface area contributed by atoms with Gasteiger partial charge in [-0.2, -0.15) is 13.2 Å². The number of benzene rings is 1. The lowest BCUT2D eigenvalue weighted by Gasteiger charge is -2.15. The Labute approximate surface area is 133 Å². The number of anilines is 1. The number of methoxy groups -OCH3 is 1. The molecule has 0 aliphatic heterocycles. The van der Waals surface area contributed by atoms with Gasteiger partial charge in [0.2, 0.25) is 0 Å². The molecule has 2 nitrogen and oxygen atoms in total. The lowest BCUT2D eigenvalue weighted by atomic mass is 10.1. The summed E-state index contributed by atoms with van der Waals surface area (Å²) in [6.45, 7) is 2.29. The molecular formula is C14H13BrF3NOS. The minimum Gasteiger partial charge on any atom is -0.497 e. The van der Waals surface area contributed by atoms with E-state index < -0.39 is 11.7 Å². The summed E-state index contributed by atoms with van der Waals surface area (Å²) in [6.07, 6.45) is -4.43. The Hall–Kier alpha value is -1.21. The largest absolute Gasteiger partial charge is 0.497 e. The molecule has 0 bridgehead atoms. The highest BCUT2D eigenvalue weighted by Crippen LogP contribution is 2.37. The van der Waals surface area contributed by atoms with E-state index >= 15 is 0 Å². The van der Waals surface area contributed by atoms with E-state index in [1.54, 1.807) is 0 Å². The van der Waals surface area contributed by atoms with Gasteiger partial charge in [0, 0.05) is 26.5 Å². The van der Waals surface area contributed by atoms with Gasteiger partial charge < -0.3 is 10.1 Å². The van der Waals surface area contributed by atoms with Crippen LogP contribution in [0.5, 0.6) is 5.75 Å². The summed E-state index contributed by atoms with van der Waals surface area (Å²) in [5.41, 5.74) is -0.681. The second kappa shape index (κ2) is 6.27. The fourth-order valence-corrected chi connectivity index (χ4v) is 3.37. The molecule has 0 aliphatic rings. The molecule has 7 heteroatoms. The molecule has 2 rings (SSSR count). The molecule has 0 unspecified atom stereocenters. The monoisotopic (exact) mass is 379 g/mol. The number of halogens is 4. The van der Waals surface area contributed by atoms with Crippen molar-refractivity contribution in [2.24, 2.45) is 0 Å². The van der Waals surface area contributed by atoms with Crippen LogP contribution in [-0.2, 0) is 12.7 Å². The third-order valence-corrected chi connectivity index (χ3v) is 5.03. The van der Waals surface area contributed by atoms with E-state index in [2.05, 4.69) is 21.2 Å². The van der Waals surface area contributed by atoms with E-state index in [0.717, 1.165) is 20.3 Å². The summed E-state index contributed by atoms with van der Waals surface area (Å²) in [5.74, 6) is 0.183. The molecule has 0 aliphatic carbocycles. The zero-order valence-corrected chi connectivity index (χ0v) is 13.7. The number of aryl methyl sites for hydroxylation is 1. The molecule has 0 spiro atoms. The van der Waals surface area contributed by atoms with Crippen molar-refractivity contribution < 1.29 is 17.9 Å². The van der Waals surface area contributed by atoms with E-state index in [9.17, 15) is 13.2 Å². The Morgan fingerprint density at radius 1 is 1.29 bits per heavy atom. The molecule has 1 aromatic heterocycles. The fourth-order valence-electron chi connectivity index (χ4n) is 1.83. The fraction of sp³-hybridized carbons (Fsp3) is 0.286. The van der Waals surface area contributed by atoms with Crippen LogP contribution in [0.4, 0.5) is 18.9 Å². The first-order valence-electron chi connectivity index (χ1n) is 6.05. The average Bonchev–Trinajstić information content (AvgIpc) is 2.74. The molecule has 0 fully saturated rings. The Morgan fingerprint density at radius 3 is 2.52 bits per heavy atom. The van der Waals surface area contributed by atoms with Crippen molar-refractivity contribution in [3.63, 3.8) is 0 Å². The van der Waals surface area contributed by atoms with Crippen molar-refractivity contribution >= 4 is 33.0 Å². The maximum Gasteiger partial charge on any atom is 0.418 e. The van der Waals surface area contributed by atoms with Crippen LogP contribution in [0, 0.1) is 6.92 Å². The van der Waals surface area contributed by atoms with Crippen LogP contribution in [0.25, 0.3) is 0 Å². The van der Waals surface area contributed by atoms with Crippen molar-refractivity contribution in [1.29, 1.82) is 0 Å². The van der Waals surface area contributed by atoms with E-state index in [0.29, 0.717) is 6.54 Å². The standard InChI is InChI=1S/C14H13BrF3NOS/c1-8-12(15)6-10(21-8)7-19-13-4-3-9(20-2)5-11(13)14(16,17)18/h3-6,19H,7H2,1-2H3. The zero-order chi connectivity index (χ0) is 15.6. The summed E-state index contributed by atoms with van der Waals surface area (Å²) in [5, 5.41) is 2.84. The minimum atomic E-state index is -4.43. The van der Waals surface area contributed by atoms with Gasteiger partial charge in [-0.25, -0.2) is 0 Å². The predicted octanol–water partition coefficient (Wildman–Crippen LogP) is 5.46. The highest BCUT2D eigenvalue weighted by Gasteiger charge is 2.34. The number of hydrogen-bond acceptors (Lipinski definition) is 3. The second-order valence-electron chi connectivity index (χ2n) is 4.38. The van der Waals surface area contributed by atoms with E-state index in [1.165, 1.54) is 30.6 Å². The zero-order valence-electron chi connectivity index (χ0n) is 11.3. The lowest BCUT2D eigenvalue weighted by Crippen LogP contribution is -2.10. The van der Waals surface area contributed by atoms with Crippen LogP contribution in [0.1, 0.15) is 15.3 Å². The molecule has 114 valence electrons. The molecule has 0 radical (unpaired) electrons. The van der Waals surface area contributed by atoms with Gasteiger partial charge in [0.05, 0.1) is 12.7 Å². The SMILES string of the molecule is COc1ccc(NCc2cc(Br)c(C)s2)c(C(F)(F)F)c1. The Balaban J connectivity index is 2.23. The van der Waals surface area contributed by atoms with Crippen LogP contribution >= 0.6 is 27.3 Å². The van der Waals surface area contributed by atoms with Gasteiger partial charge in [-0.3, -0.25) is 0 Å². The maximum absolute atomic E-state index is 13.1. The molecule has 0 amide bonds. The number of rotatable bonds is 4. The summed E-state index contributed by atoms with van der Waals surface area (Å²) < 4.78 is 45.0. The normalized spacial score (nSPS) is 11.5. The Kier molecular flexibility index (Phi) is 4.83. The number of nitrogens with one attached hydrogen (secondary N) is 1. The van der Waals surface area contributed by atoms with Gasteiger partial charge in [-0.15, -0.1) is 11.3 Å². The van der Waals surface area contributed by atoms with Crippen LogP contribution in [0.15, 0.2) is 28.7 Å². The van der Waals surface area contributed by atoms with Gasteiger partial charge in [0.1, 0.15) is 5.75 Å². The minimum absolute atomic E-state index is 0.0467. The third-order valence-electron chi connectivity index (χ3n) is 2.89. The van der Waals surface area contributed by atoms with Gasteiger partial charge in [-0.1, -0.05) is 0 Å². The van der Waals surface area contributed by atoms with Crippen molar-refractivity contribution in [3.05, 3.63) is 44.1 Å². The summed E-state index contributed by atoms with van der Waals surface area (Å²) in [4.78, 5) is 2.06. The van der Waals surface area contributed by atoms with E-state index in [4.69, 9.17) is 4.74 Å². The highest BCUT2D eigenvalue weighted by atomic mass is 79.9. The Bertz CT molecular complexity index is 620. The molecule has 1 heterocycles. The van der Waals surface area contributed by atoms with Crippen molar-refractivity contribution in [3.8, 4) is 5.75 Å². The molecule has 2 aromatic rings. The molecule has 1 aromatic carbocycles. The first-order valence-corrected chi connectivity index (χ1v) is 7.66. The summed E-state index contributed by atoms with van der Waals surface area (Å²) in [6, 6.07) is 5.80. The van der Waals surface area contributed by atoms with Gasteiger partial charge in [0.25, 0.3) is 0 Å². The van der Waals surface area contributed by atoms with Crippen LogP contribution in [0.2, 0.25) is 0 Å². The topological polar surface area (TPSA) is 21.3 Å². The number of hydrogen-bond donors (Lipinski definition) is 1. The van der Waals surface area contributed by atoms with Crippen molar-refractivity contribution in [1.82, 2.24) is 0 Å². The highest BCUT2D eigenvalue weighted by molar-refractivity contribution is 9.10. The Morgan fingerprint density at radius 2 is 2.00 bits per heavy atom. The van der Waals surface area contributed by atoms with E-state index in [-0.39, 0.29) is 11.4 Å². The van der Waals surface area contributed by atoms with Crippen LogP contribution in [0.3, 0.4) is 0 Å². The molecule has 1 N–H and O–H groups in total. The van der Waals surface area contributed by atoms with Crippen molar-refractivity contribution in [2.45, 2.75) is 19.6 Å². The second-order valence-corrected chi connectivity index (χ2v) is 6.57. The quantitative estimate of drug-likeness (QED) is 0.761. The molecular weight excluding hydrogens is 367 g/mol. The number of thiophene rings is 1. The van der Waals surface area contributed by atoms with Gasteiger partial charge in [-0.05, 0) is 47.1 Å². The number of alkyl halides is 3. The van der Waals surface area contributed by atoms with Crippen LogP contribution in [-0.4, -0.2) is 7.11 Å². The third kappa shape index (κ3) is 3.91. The van der Waals surface area contributed by atoms with E-state index in [1.807, 2.05) is 13.0 Å². The summed E-state index contributed by atoms with van der Waals surface area (Å²) in [7, 11) is 1.34. The molecule has 0 saturated heterocycles. The first kappa shape index (κ1) is 16.2. The molecule has 21 heavy (non-hydrogen) atoms. The molecule has 0 atom stereocenters. The average molecular weight is 380 g/mol. The lowest BCUT2D eigenvalue weighted by molar-refractivity contribution is -0.137. The maximum atomic E-state index is 13.1. The van der Waals surface area contributed by atoms with Crippen molar-refractivity contribution in [2.75, 3.05) is 12.4 Å². The smallest absolute Gasteiger partial charge is 0.418 e. The van der Waals surface area contributed by atoms with Gasteiger partial charge in [0.15, 0.2) is 0 Å². The summed E-state index contributed by atoms with van der Waals surface area (Å²) >= 11 is 4.93. The first-order chi connectivity index (χ1) is 9.81. The van der Waals surface area contributed by atoms with Gasteiger partial charge >= 0.3 is 6.18 Å². The molecule has 0 saturated carbocycles. The predicted molar refractivity (Wildman–Crippen MR) is 82.1 cm³/mol. The van der Waals surface area contributed by atoms with Crippen LogP contribution < -0.4 is 10.1 Å². The number of ether oxygens (including phenoxy) is 1.